The fourth-order valence-electron chi connectivity index (χ4n) is 2.88. The molecule has 1 atom stereocenters. The molecule has 160 valence electrons. The van der Waals surface area contributed by atoms with Crippen LogP contribution in [0.1, 0.15) is 29.4 Å². The summed E-state index contributed by atoms with van der Waals surface area (Å²) in [6, 6.07) is 15.6. The van der Waals surface area contributed by atoms with E-state index in [1.165, 1.54) is 11.8 Å². The molecule has 0 saturated carbocycles. The highest BCUT2D eigenvalue weighted by Crippen LogP contribution is 2.29. The minimum Gasteiger partial charge on any atom is -0.484 e. The summed E-state index contributed by atoms with van der Waals surface area (Å²) in [7, 11) is 1.79. The molecular formula is C22H22N4O3S2. The van der Waals surface area contributed by atoms with Gasteiger partial charge >= 0.3 is 0 Å². The maximum Gasteiger partial charge on any atom is 0.277 e. The summed E-state index contributed by atoms with van der Waals surface area (Å²) < 4.78 is 12.4. The summed E-state index contributed by atoms with van der Waals surface area (Å²) in [5, 5.41) is 9.24. The molecule has 0 aliphatic rings. The highest BCUT2D eigenvalue weighted by atomic mass is 32.2. The Hall–Kier alpha value is -2.91. The maximum atomic E-state index is 12.7. The SMILES string of the molecule is Cc1cccc(OCc2nnc(SCC(=O)N(C)C(C)c3nc4ccccc4s3)o2)c1. The van der Waals surface area contributed by atoms with E-state index in [4.69, 9.17) is 9.15 Å². The molecule has 0 aliphatic carbocycles. The second-order valence-electron chi connectivity index (χ2n) is 7.06. The molecule has 31 heavy (non-hydrogen) atoms. The molecule has 0 N–H and O–H groups in total. The van der Waals surface area contributed by atoms with Crippen molar-refractivity contribution in [1.82, 2.24) is 20.1 Å². The van der Waals surface area contributed by atoms with Gasteiger partial charge in [0.15, 0.2) is 6.61 Å². The number of rotatable bonds is 8. The number of aryl methyl sites for hydroxylation is 1. The molecule has 9 heteroatoms. The Balaban J connectivity index is 1.30. The van der Waals surface area contributed by atoms with Crippen LogP contribution >= 0.6 is 23.1 Å². The third-order valence-electron chi connectivity index (χ3n) is 4.76. The van der Waals surface area contributed by atoms with Crippen molar-refractivity contribution in [1.29, 1.82) is 0 Å². The lowest BCUT2D eigenvalue weighted by atomic mass is 10.2. The number of hydrogen-bond donors (Lipinski definition) is 0. The number of thiazole rings is 1. The predicted molar refractivity (Wildman–Crippen MR) is 121 cm³/mol. The van der Waals surface area contributed by atoms with Crippen molar-refractivity contribution in [3.63, 3.8) is 0 Å². The van der Waals surface area contributed by atoms with Gasteiger partial charge in [-0.2, -0.15) is 0 Å². The summed E-state index contributed by atoms with van der Waals surface area (Å²) in [6.07, 6.45) is 0. The lowest BCUT2D eigenvalue weighted by Gasteiger charge is -2.22. The number of benzene rings is 2. The van der Waals surface area contributed by atoms with Crippen molar-refractivity contribution in [3.8, 4) is 5.75 Å². The first-order chi connectivity index (χ1) is 15.0. The van der Waals surface area contributed by atoms with Crippen LogP contribution < -0.4 is 4.74 Å². The molecule has 0 aliphatic heterocycles. The third kappa shape index (κ3) is 5.23. The molecule has 0 spiro atoms. The average Bonchev–Trinajstić information content (AvgIpc) is 3.42. The van der Waals surface area contributed by atoms with Crippen LogP contribution in [0.3, 0.4) is 0 Å². The first-order valence-electron chi connectivity index (χ1n) is 9.75. The van der Waals surface area contributed by atoms with Crippen molar-refractivity contribution in [2.75, 3.05) is 12.8 Å². The van der Waals surface area contributed by atoms with Gasteiger partial charge in [0.2, 0.25) is 5.91 Å². The van der Waals surface area contributed by atoms with Crippen LogP contribution in [-0.4, -0.2) is 38.8 Å². The largest absolute Gasteiger partial charge is 0.484 e. The fraction of sp³-hybridized carbons (Fsp3) is 0.273. The number of aromatic nitrogens is 3. The van der Waals surface area contributed by atoms with E-state index >= 15 is 0 Å². The highest BCUT2D eigenvalue weighted by Gasteiger charge is 2.21. The minimum atomic E-state index is -0.119. The van der Waals surface area contributed by atoms with Crippen molar-refractivity contribution in [3.05, 3.63) is 65.0 Å². The normalized spacial score (nSPS) is 12.1. The van der Waals surface area contributed by atoms with Gasteiger partial charge in [-0.15, -0.1) is 21.5 Å². The van der Waals surface area contributed by atoms with Crippen molar-refractivity contribution in [2.24, 2.45) is 0 Å². The molecule has 2 aromatic carbocycles. The summed E-state index contributed by atoms with van der Waals surface area (Å²) >= 11 is 2.82. The zero-order chi connectivity index (χ0) is 21.8. The van der Waals surface area contributed by atoms with Gasteiger partial charge in [0, 0.05) is 7.05 Å². The second-order valence-corrected chi connectivity index (χ2v) is 9.04. The van der Waals surface area contributed by atoms with E-state index in [-0.39, 0.29) is 24.3 Å². The number of carbonyl (C=O) groups excluding carboxylic acids is 1. The van der Waals surface area contributed by atoms with E-state index in [9.17, 15) is 4.79 Å². The van der Waals surface area contributed by atoms with Gasteiger partial charge < -0.3 is 14.1 Å². The van der Waals surface area contributed by atoms with Crippen LogP contribution in [0.4, 0.5) is 0 Å². The Morgan fingerprint density at radius 3 is 2.87 bits per heavy atom. The second kappa shape index (κ2) is 9.49. The Labute approximate surface area is 188 Å². The number of amides is 1. The number of fused-ring (bicyclic) bond motifs is 1. The van der Waals surface area contributed by atoms with Crippen molar-refractivity contribution < 1.29 is 13.9 Å². The van der Waals surface area contributed by atoms with Gasteiger partial charge in [0.25, 0.3) is 11.1 Å². The summed E-state index contributed by atoms with van der Waals surface area (Å²) in [6.45, 7) is 4.16. The average molecular weight is 455 g/mol. The smallest absolute Gasteiger partial charge is 0.277 e. The highest BCUT2D eigenvalue weighted by molar-refractivity contribution is 7.99. The van der Waals surface area contributed by atoms with Crippen LogP contribution in [-0.2, 0) is 11.4 Å². The number of carbonyl (C=O) groups is 1. The Bertz CT molecular complexity index is 1160. The van der Waals surface area contributed by atoms with E-state index in [2.05, 4.69) is 15.2 Å². The Morgan fingerprint density at radius 2 is 2.06 bits per heavy atom. The van der Waals surface area contributed by atoms with Crippen LogP contribution in [0.25, 0.3) is 10.2 Å². The summed E-state index contributed by atoms with van der Waals surface area (Å²) in [5.41, 5.74) is 2.07. The maximum absolute atomic E-state index is 12.7. The third-order valence-corrected chi connectivity index (χ3v) is 6.77. The standard InChI is InChI=1S/C22H22N4O3S2/c1-14-7-6-8-16(11-14)28-12-19-24-25-22(29-19)30-13-20(27)26(3)15(2)21-23-17-9-4-5-10-18(17)31-21/h4-11,15H,12-13H2,1-3H3. The quantitative estimate of drug-likeness (QED) is 0.351. The molecule has 4 rings (SSSR count). The molecule has 1 unspecified atom stereocenters. The van der Waals surface area contributed by atoms with Crippen molar-refractivity contribution in [2.45, 2.75) is 31.7 Å². The monoisotopic (exact) mass is 454 g/mol. The Kier molecular flexibility index (Phi) is 6.53. The van der Waals surface area contributed by atoms with Gasteiger partial charge in [-0.05, 0) is 43.7 Å². The van der Waals surface area contributed by atoms with Crippen LogP contribution in [0, 0.1) is 6.92 Å². The lowest BCUT2D eigenvalue weighted by Crippen LogP contribution is -2.31. The van der Waals surface area contributed by atoms with Gasteiger partial charge in [-0.25, -0.2) is 4.98 Å². The molecule has 2 heterocycles. The molecule has 7 nitrogen and oxygen atoms in total. The van der Waals surface area contributed by atoms with Gasteiger partial charge in [-0.1, -0.05) is 36.0 Å². The number of nitrogens with zero attached hydrogens (tertiary/aromatic N) is 4. The minimum absolute atomic E-state index is 0.0347. The zero-order valence-corrected chi connectivity index (χ0v) is 19.1. The number of thioether (sulfide) groups is 1. The molecule has 0 radical (unpaired) electrons. The molecule has 4 aromatic rings. The number of para-hydroxylation sites is 1. The zero-order valence-electron chi connectivity index (χ0n) is 17.4. The molecule has 1 amide bonds. The molecule has 0 bridgehead atoms. The van der Waals surface area contributed by atoms with Gasteiger partial charge in [0.05, 0.1) is 22.0 Å². The molecule has 0 fully saturated rings. The molecule has 2 aromatic heterocycles. The first kappa shape index (κ1) is 21.3. The van der Waals surface area contributed by atoms with Crippen LogP contribution in [0.15, 0.2) is 58.2 Å². The Morgan fingerprint density at radius 1 is 1.23 bits per heavy atom. The van der Waals surface area contributed by atoms with E-state index in [0.29, 0.717) is 11.1 Å². The van der Waals surface area contributed by atoms with Gasteiger partial charge in [-0.3, -0.25) is 4.79 Å². The number of ether oxygens (including phenoxy) is 1. The van der Waals surface area contributed by atoms with Crippen LogP contribution in [0.2, 0.25) is 0 Å². The lowest BCUT2D eigenvalue weighted by molar-refractivity contribution is -0.128. The van der Waals surface area contributed by atoms with E-state index in [0.717, 1.165) is 26.5 Å². The first-order valence-corrected chi connectivity index (χ1v) is 11.6. The predicted octanol–water partition coefficient (Wildman–Crippen LogP) is 4.88. The summed E-state index contributed by atoms with van der Waals surface area (Å²) in [4.78, 5) is 19.0. The van der Waals surface area contributed by atoms with Gasteiger partial charge in [0.1, 0.15) is 10.8 Å². The summed E-state index contributed by atoms with van der Waals surface area (Å²) in [5.74, 6) is 1.28. The molecular weight excluding hydrogens is 432 g/mol. The van der Waals surface area contributed by atoms with Crippen molar-refractivity contribution >= 4 is 39.2 Å². The van der Waals surface area contributed by atoms with E-state index in [1.807, 2.05) is 62.4 Å². The fourth-order valence-corrected chi connectivity index (χ4v) is 4.65. The topological polar surface area (TPSA) is 81.4 Å². The molecule has 0 saturated heterocycles. The van der Waals surface area contributed by atoms with Crippen LogP contribution in [0.5, 0.6) is 5.75 Å². The number of hydrogen-bond acceptors (Lipinski definition) is 8. The van der Waals surface area contributed by atoms with E-state index in [1.54, 1.807) is 23.3 Å². The van der Waals surface area contributed by atoms with E-state index < -0.39 is 0 Å².